The van der Waals surface area contributed by atoms with Crippen LogP contribution < -0.4 is 10.5 Å². The second-order valence-corrected chi connectivity index (χ2v) is 5.81. The Morgan fingerprint density at radius 3 is 2.14 bits per heavy atom. The zero-order valence-electron chi connectivity index (χ0n) is 11.4. The number of hydrogen-bond acceptors (Lipinski definition) is 3. The second-order valence-electron chi connectivity index (χ2n) is 4.56. The Morgan fingerprint density at radius 1 is 1.00 bits per heavy atom. The molecule has 0 aliphatic rings. The standard InChI is InChI=1S/C16H12IN3O2/c17-12-3-7-14(8-4-12)22-13-5-1-11(2-6-13)15-9-10-20(19-15)16(18)21/h1-10H,(H2,18,21). The Hall–Kier alpha value is -2.35. The van der Waals surface area contributed by atoms with Crippen molar-refractivity contribution in [1.29, 1.82) is 0 Å². The lowest BCUT2D eigenvalue weighted by Gasteiger charge is -2.06. The van der Waals surface area contributed by atoms with Crippen LogP contribution in [0.2, 0.25) is 0 Å². The average molecular weight is 405 g/mol. The molecule has 1 amide bonds. The average Bonchev–Trinajstić information content (AvgIpc) is 3.00. The van der Waals surface area contributed by atoms with Crippen molar-refractivity contribution < 1.29 is 9.53 Å². The molecule has 110 valence electrons. The maximum atomic E-state index is 11.0. The number of amides is 1. The van der Waals surface area contributed by atoms with Gasteiger partial charge in [-0.1, -0.05) is 0 Å². The van der Waals surface area contributed by atoms with E-state index in [0.717, 1.165) is 25.3 Å². The van der Waals surface area contributed by atoms with Crippen LogP contribution in [0.1, 0.15) is 0 Å². The summed E-state index contributed by atoms with van der Waals surface area (Å²) in [5.41, 5.74) is 6.73. The van der Waals surface area contributed by atoms with E-state index >= 15 is 0 Å². The van der Waals surface area contributed by atoms with E-state index in [1.54, 1.807) is 6.07 Å². The van der Waals surface area contributed by atoms with Gasteiger partial charge in [0.1, 0.15) is 11.5 Å². The summed E-state index contributed by atoms with van der Waals surface area (Å²) in [6.45, 7) is 0. The minimum absolute atomic E-state index is 0.607. The first-order valence-corrected chi connectivity index (χ1v) is 7.59. The third kappa shape index (κ3) is 3.28. The lowest BCUT2D eigenvalue weighted by Crippen LogP contribution is -2.19. The lowest BCUT2D eigenvalue weighted by atomic mass is 10.1. The van der Waals surface area contributed by atoms with Gasteiger partial charge in [-0.15, -0.1) is 0 Å². The third-order valence-electron chi connectivity index (χ3n) is 3.01. The van der Waals surface area contributed by atoms with Crippen LogP contribution in [0.25, 0.3) is 11.3 Å². The highest BCUT2D eigenvalue weighted by molar-refractivity contribution is 14.1. The van der Waals surface area contributed by atoms with Crippen molar-refractivity contribution in [1.82, 2.24) is 9.78 Å². The predicted octanol–water partition coefficient (Wildman–Crippen LogP) is 3.87. The summed E-state index contributed by atoms with van der Waals surface area (Å²) in [4.78, 5) is 11.0. The fraction of sp³-hybridized carbons (Fsp3) is 0. The number of nitrogens with zero attached hydrogens (tertiary/aromatic N) is 2. The molecule has 5 nitrogen and oxygen atoms in total. The van der Waals surface area contributed by atoms with Gasteiger partial charge in [0, 0.05) is 15.3 Å². The van der Waals surface area contributed by atoms with E-state index in [1.807, 2.05) is 48.5 Å². The van der Waals surface area contributed by atoms with Crippen LogP contribution in [0.3, 0.4) is 0 Å². The molecule has 2 N–H and O–H groups in total. The molecule has 3 rings (SSSR count). The highest BCUT2D eigenvalue weighted by Crippen LogP contribution is 2.25. The molecule has 22 heavy (non-hydrogen) atoms. The van der Waals surface area contributed by atoms with Crippen molar-refractivity contribution in [2.75, 3.05) is 0 Å². The largest absolute Gasteiger partial charge is 0.457 e. The van der Waals surface area contributed by atoms with Crippen molar-refractivity contribution in [3.63, 3.8) is 0 Å². The number of hydrogen-bond donors (Lipinski definition) is 1. The number of benzene rings is 2. The van der Waals surface area contributed by atoms with Gasteiger partial charge < -0.3 is 10.5 Å². The van der Waals surface area contributed by atoms with Crippen LogP contribution in [0.4, 0.5) is 4.79 Å². The monoisotopic (exact) mass is 405 g/mol. The summed E-state index contributed by atoms with van der Waals surface area (Å²) in [7, 11) is 0. The summed E-state index contributed by atoms with van der Waals surface area (Å²) in [6, 6.07) is 16.4. The molecular weight excluding hydrogens is 393 g/mol. The summed E-state index contributed by atoms with van der Waals surface area (Å²) in [5.74, 6) is 1.52. The van der Waals surface area contributed by atoms with E-state index in [1.165, 1.54) is 6.20 Å². The highest BCUT2D eigenvalue weighted by atomic mass is 127. The van der Waals surface area contributed by atoms with Gasteiger partial charge in [0.15, 0.2) is 0 Å². The van der Waals surface area contributed by atoms with Crippen LogP contribution in [0.15, 0.2) is 60.8 Å². The molecule has 0 fully saturated rings. The van der Waals surface area contributed by atoms with E-state index in [4.69, 9.17) is 10.5 Å². The SMILES string of the molecule is NC(=O)n1ccc(-c2ccc(Oc3ccc(I)cc3)cc2)n1. The molecule has 2 aromatic carbocycles. The molecule has 0 radical (unpaired) electrons. The number of nitrogens with two attached hydrogens (primary N) is 1. The van der Waals surface area contributed by atoms with E-state index in [-0.39, 0.29) is 0 Å². The molecule has 6 heteroatoms. The Bertz CT molecular complexity index is 795. The van der Waals surface area contributed by atoms with E-state index < -0.39 is 6.03 Å². The van der Waals surface area contributed by atoms with Crippen molar-refractivity contribution >= 4 is 28.6 Å². The number of primary amides is 1. The molecule has 0 bridgehead atoms. The lowest BCUT2D eigenvalue weighted by molar-refractivity contribution is 0.248. The molecule has 0 unspecified atom stereocenters. The van der Waals surface area contributed by atoms with Gasteiger partial charge >= 0.3 is 6.03 Å². The smallest absolute Gasteiger partial charge is 0.339 e. The van der Waals surface area contributed by atoms with Crippen LogP contribution in [-0.2, 0) is 0 Å². The fourth-order valence-corrected chi connectivity index (χ4v) is 2.29. The predicted molar refractivity (Wildman–Crippen MR) is 91.9 cm³/mol. The van der Waals surface area contributed by atoms with E-state index in [9.17, 15) is 4.79 Å². The Balaban J connectivity index is 1.77. The number of carbonyl (C=O) groups excluding carboxylic acids is 1. The first kappa shape index (κ1) is 14.6. The van der Waals surface area contributed by atoms with Crippen molar-refractivity contribution in [2.24, 2.45) is 5.73 Å². The van der Waals surface area contributed by atoms with E-state index in [0.29, 0.717) is 5.69 Å². The van der Waals surface area contributed by atoms with Gasteiger partial charge in [0.05, 0.1) is 5.69 Å². The molecule has 0 spiro atoms. The first-order chi connectivity index (χ1) is 10.6. The van der Waals surface area contributed by atoms with Gasteiger partial charge in [0.25, 0.3) is 0 Å². The normalized spacial score (nSPS) is 10.4. The summed E-state index contributed by atoms with van der Waals surface area (Å²) in [6.07, 6.45) is 1.54. The molecule has 0 aliphatic carbocycles. The molecule has 0 atom stereocenters. The van der Waals surface area contributed by atoms with Gasteiger partial charge in [-0.05, 0) is 77.2 Å². The minimum Gasteiger partial charge on any atom is -0.457 e. The molecule has 1 aromatic heterocycles. The molecule has 3 aromatic rings. The first-order valence-electron chi connectivity index (χ1n) is 6.51. The summed E-state index contributed by atoms with van der Waals surface area (Å²) in [5, 5.41) is 4.10. The van der Waals surface area contributed by atoms with Crippen LogP contribution in [0.5, 0.6) is 11.5 Å². The molecule has 0 saturated heterocycles. The molecule has 0 aliphatic heterocycles. The Labute approximate surface area is 140 Å². The van der Waals surface area contributed by atoms with Crippen molar-refractivity contribution in [3.05, 3.63) is 64.4 Å². The Morgan fingerprint density at radius 2 is 1.59 bits per heavy atom. The fourth-order valence-electron chi connectivity index (χ4n) is 1.93. The molecular formula is C16H12IN3O2. The maximum absolute atomic E-state index is 11.0. The molecule has 1 heterocycles. The third-order valence-corrected chi connectivity index (χ3v) is 3.73. The van der Waals surface area contributed by atoms with Crippen molar-refractivity contribution in [3.8, 4) is 22.8 Å². The number of aromatic nitrogens is 2. The number of carbonyl (C=O) groups is 1. The van der Waals surface area contributed by atoms with Gasteiger partial charge in [-0.2, -0.15) is 9.78 Å². The highest BCUT2D eigenvalue weighted by Gasteiger charge is 2.06. The number of halogens is 1. The zero-order chi connectivity index (χ0) is 15.5. The number of rotatable bonds is 3. The topological polar surface area (TPSA) is 70.1 Å². The second kappa shape index (κ2) is 6.18. The maximum Gasteiger partial charge on any atom is 0.339 e. The van der Waals surface area contributed by atoms with Crippen LogP contribution in [-0.4, -0.2) is 15.8 Å². The van der Waals surface area contributed by atoms with Crippen molar-refractivity contribution in [2.45, 2.75) is 0 Å². The van der Waals surface area contributed by atoms with Crippen LogP contribution in [0, 0.1) is 3.57 Å². The van der Waals surface area contributed by atoms with Gasteiger partial charge in [-0.3, -0.25) is 0 Å². The van der Waals surface area contributed by atoms with Crippen LogP contribution >= 0.6 is 22.6 Å². The zero-order valence-corrected chi connectivity index (χ0v) is 13.6. The quantitative estimate of drug-likeness (QED) is 0.673. The molecule has 0 saturated carbocycles. The summed E-state index contributed by atoms with van der Waals surface area (Å²) >= 11 is 2.25. The van der Waals surface area contributed by atoms with E-state index in [2.05, 4.69) is 27.7 Å². The van der Waals surface area contributed by atoms with Gasteiger partial charge in [0.2, 0.25) is 0 Å². The Kier molecular flexibility index (Phi) is 4.10. The minimum atomic E-state index is -0.607. The van der Waals surface area contributed by atoms with Gasteiger partial charge in [-0.25, -0.2) is 4.79 Å². The number of ether oxygens (including phenoxy) is 1. The summed E-state index contributed by atoms with van der Waals surface area (Å²) < 4.78 is 8.02.